The van der Waals surface area contributed by atoms with Crippen molar-refractivity contribution in [2.75, 3.05) is 19.0 Å². The van der Waals surface area contributed by atoms with Crippen molar-refractivity contribution in [1.29, 1.82) is 0 Å². The van der Waals surface area contributed by atoms with Crippen LogP contribution in [0.5, 0.6) is 0 Å². The van der Waals surface area contributed by atoms with Crippen LogP contribution in [0.25, 0.3) is 0 Å². The predicted molar refractivity (Wildman–Crippen MR) is 131 cm³/mol. The van der Waals surface area contributed by atoms with Crippen LogP contribution in [0.1, 0.15) is 39.2 Å². The van der Waals surface area contributed by atoms with Crippen molar-refractivity contribution in [3.63, 3.8) is 0 Å². The van der Waals surface area contributed by atoms with E-state index in [0.717, 1.165) is 47.1 Å². The summed E-state index contributed by atoms with van der Waals surface area (Å²) in [5, 5.41) is 0.821. The molecule has 0 aromatic heterocycles. The monoisotopic (exact) mass is 489 g/mol. The lowest BCUT2D eigenvalue weighted by Gasteiger charge is -2.30. The third kappa shape index (κ3) is 8.70. The van der Waals surface area contributed by atoms with Crippen molar-refractivity contribution in [3.8, 4) is 0 Å². The van der Waals surface area contributed by atoms with Crippen molar-refractivity contribution in [1.82, 2.24) is 4.90 Å². The summed E-state index contributed by atoms with van der Waals surface area (Å²) in [5.41, 5.74) is 4.32. The quantitative estimate of drug-likeness (QED) is 0.138. The number of halogens is 2. The third-order valence-corrected chi connectivity index (χ3v) is 5.13. The van der Waals surface area contributed by atoms with Crippen LogP contribution in [0.15, 0.2) is 83.8 Å². The maximum atomic E-state index is 13.3. The highest BCUT2D eigenvalue weighted by Gasteiger charge is 2.17. The number of carbonyl (C=O) groups excluding carboxylic acids is 1. The molecule has 0 fully saturated rings. The first-order chi connectivity index (χ1) is 14.9. The van der Waals surface area contributed by atoms with Gasteiger partial charge in [-0.1, -0.05) is 65.9 Å². The van der Waals surface area contributed by atoms with Crippen LogP contribution in [-0.2, 0) is 16.0 Å². The molecule has 0 saturated carbocycles. The van der Waals surface area contributed by atoms with Crippen LogP contribution in [-0.4, -0.2) is 29.9 Å². The normalized spacial score (nSPS) is 12.9. The second-order valence-electron chi connectivity index (χ2n) is 6.85. The van der Waals surface area contributed by atoms with E-state index in [9.17, 15) is 9.18 Å². The second kappa shape index (κ2) is 14.6. The van der Waals surface area contributed by atoms with Crippen LogP contribution in [0.3, 0.4) is 0 Å². The molecule has 0 atom stereocenters. The molecule has 0 N–H and O–H groups in total. The van der Waals surface area contributed by atoms with E-state index in [1.54, 1.807) is 18.2 Å². The highest BCUT2D eigenvalue weighted by molar-refractivity contribution is 9.09. The van der Waals surface area contributed by atoms with Crippen molar-refractivity contribution in [2.45, 2.75) is 40.0 Å². The minimum absolute atomic E-state index is 0.240. The third-order valence-electron chi connectivity index (χ3n) is 4.73. The Kier molecular flexibility index (Phi) is 12.5. The van der Waals surface area contributed by atoms with Crippen LogP contribution in [0.4, 0.5) is 4.39 Å². The smallest absolute Gasteiger partial charge is 0.337 e. The van der Waals surface area contributed by atoms with Gasteiger partial charge in [0, 0.05) is 23.3 Å². The number of allylic oxidation sites excluding steroid dienone is 5. The molecule has 5 heteroatoms. The van der Waals surface area contributed by atoms with Gasteiger partial charge in [0.2, 0.25) is 0 Å². The number of carbonyl (C=O) groups is 1. The number of hydrogen-bond donors (Lipinski definition) is 0. The summed E-state index contributed by atoms with van der Waals surface area (Å²) in [6.07, 6.45) is 11.9. The minimum Gasteiger partial charge on any atom is -0.465 e. The van der Waals surface area contributed by atoms with Gasteiger partial charge < -0.3 is 9.64 Å². The summed E-state index contributed by atoms with van der Waals surface area (Å²) in [5.74, 6) is -0.631. The van der Waals surface area contributed by atoms with Crippen LogP contribution < -0.4 is 0 Å². The van der Waals surface area contributed by atoms with Crippen LogP contribution >= 0.6 is 15.9 Å². The van der Waals surface area contributed by atoms with Gasteiger partial charge in [-0.05, 0) is 62.5 Å². The van der Waals surface area contributed by atoms with Gasteiger partial charge in [-0.2, -0.15) is 0 Å². The zero-order valence-electron chi connectivity index (χ0n) is 19.0. The average molecular weight is 490 g/mol. The molecule has 0 aliphatic rings. The SMILES string of the molecule is C=C(C(=C\CC)/C=C(\C=C/C)C(=O)OC)N(CCc1ccc(F)cc1)/C(=C\C)CCBr. The van der Waals surface area contributed by atoms with Gasteiger partial charge in [-0.3, -0.25) is 0 Å². The average Bonchev–Trinajstić information content (AvgIpc) is 2.78. The molecule has 1 aromatic carbocycles. The van der Waals surface area contributed by atoms with Crippen molar-refractivity contribution < 1.29 is 13.9 Å². The Bertz CT molecular complexity index is 851. The summed E-state index contributed by atoms with van der Waals surface area (Å²) < 4.78 is 18.2. The number of esters is 1. The molecule has 0 saturated heterocycles. The zero-order chi connectivity index (χ0) is 23.2. The number of rotatable bonds is 12. The number of alkyl halides is 1. The Morgan fingerprint density at radius 2 is 1.90 bits per heavy atom. The van der Waals surface area contributed by atoms with E-state index in [4.69, 9.17) is 4.74 Å². The summed E-state index contributed by atoms with van der Waals surface area (Å²) in [7, 11) is 1.38. The second-order valence-corrected chi connectivity index (χ2v) is 7.65. The molecule has 168 valence electrons. The maximum Gasteiger partial charge on any atom is 0.337 e. The Hall–Kier alpha value is -2.40. The molecular weight excluding hydrogens is 457 g/mol. The number of methoxy groups -OCH3 is 1. The van der Waals surface area contributed by atoms with E-state index in [1.807, 2.05) is 32.9 Å². The van der Waals surface area contributed by atoms with Gasteiger partial charge in [-0.25, -0.2) is 9.18 Å². The lowest BCUT2D eigenvalue weighted by molar-refractivity contribution is -0.135. The fraction of sp³-hybridized carbons (Fsp3) is 0.346. The molecule has 0 radical (unpaired) electrons. The van der Waals surface area contributed by atoms with E-state index < -0.39 is 5.97 Å². The fourth-order valence-electron chi connectivity index (χ4n) is 3.15. The first-order valence-corrected chi connectivity index (χ1v) is 11.6. The predicted octanol–water partition coefficient (Wildman–Crippen LogP) is 6.88. The molecule has 31 heavy (non-hydrogen) atoms. The van der Waals surface area contributed by atoms with Crippen LogP contribution in [0.2, 0.25) is 0 Å². The molecule has 0 spiro atoms. The Labute approximate surface area is 194 Å². The zero-order valence-corrected chi connectivity index (χ0v) is 20.5. The van der Waals surface area contributed by atoms with Crippen molar-refractivity contribution >= 4 is 21.9 Å². The van der Waals surface area contributed by atoms with E-state index in [1.165, 1.54) is 19.2 Å². The summed E-state index contributed by atoms with van der Waals surface area (Å²) >= 11 is 3.53. The Balaban J connectivity index is 3.31. The van der Waals surface area contributed by atoms with E-state index in [0.29, 0.717) is 12.1 Å². The molecule has 0 unspecified atom stereocenters. The highest BCUT2D eigenvalue weighted by atomic mass is 79.9. The standard InChI is InChI=1S/C26H33BrFNO2/c1-6-9-22(19-23(10-7-2)26(30)31-5)20(4)29(25(8-3)15-17-27)18-16-21-11-13-24(28)14-12-21/h7-14,19H,4,6,15-18H2,1-3,5H3/b10-7-,22-9-,23-19+,25-8-. The van der Waals surface area contributed by atoms with Gasteiger partial charge >= 0.3 is 5.97 Å². The lowest BCUT2D eigenvalue weighted by atomic mass is 10.0. The highest BCUT2D eigenvalue weighted by Crippen LogP contribution is 2.25. The number of benzene rings is 1. The molecule has 1 aromatic rings. The lowest BCUT2D eigenvalue weighted by Crippen LogP contribution is -2.26. The van der Waals surface area contributed by atoms with E-state index in [2.05, 4.69) is 39.6 Å². The first-order valence-electron chi connectivity index (χ1n) is 10.5. The molecule has 3 nitrogen and oxygen atoms in total. The van der Waals surface area contributed by atoms with E-state index >= 15 is 0 Å². The Morgan fingerprint density at radius 1 is 1.23 bits per heavy atom. The molecule has 0 aliphatic heterocycles. The number of hydrogen-bond acceptors (Lipinski definition) is 3. The fourth-order valence-corrected chi connectivity index (χ4v) is 3.56. The molecular formula is C26H33BrFNO2. The summed E-state index contributed by atoms with van der Waals surface area (Å²) in [6.45, 7) is 11.0. The molecule has 0 heterocycles. The van der Waals surface area contributed by atoms with Crippen LogP contribution in [0, 0.1) is 5.82 Å². The largest absolute Gasteiger partial charge is 0.465 e. The van der Waals surface area contributed by atoms with Gasteiger partial charge in [-0.15, -0.1) is 0 Å². The van der Waals surface area contributed by atoms with Gasteiger partial charge in [0.1, 0.15) is 5.82 Å². The molecule has 0 bridgehead atoms. The number of ether oxygens (including phenoxy) is 1. The molecule has 0 aliphatic carbocycles. The van der Waals surface area contributed by atoms with Gasteiger partial charge in [0.05, 0.1) is 12.7 Å². The van der Waals surface area contributed by atoms with Crippen molar-refractivity contribution in [3.05, 3.63) is 95.1 Å². The maximum absolute atomic E-state index is 13.3. The summed E-state index contributed by atoms with van der Waals surface area (Å²) in [4.78, 5) is 14.4. The summed E-state index contributed by atoms with van der Waals surface area (Å²) in [6, 6.07) is 6.57. The Morgan fingerprint density at radius 3 is 2.42 bits per heavy atom. The molecule has 1 rings (SSSR count). The minimum atomic E-state index is -0.391. The van der Waals surface area contributed by atoms with Gasteiger partial charge in [0.25, 0.3) is 0 Å². The number of nitrogens with zero attached hydrogens (tertiary/aromatic N) is 1. The van der Waals surface area contributed by atoms with Gasteiger partial charge in [0.15, 0.2) is 0 Å². The first kappa shape index (κ1) is 26.6. The molecule has 0 amide bonds. The topological polar surface area (TPSA) is 29.5 Å². The van der Waals surface area contributed by atoms with E-state index in [-0.39, 0.29) is 5.82 Å². The van der Waals surface area contributed by atoms with Crippen molar-refractivity contribution in [2.24, 2.45) is 0 Å².